The molecule has 0 aliphatic carbocycles. The average molecular weight is 814 g/mol. The predicted molar refractivity (Wildman–Crippen MR) is 225 cm³/mol. The summed E-state index contributed by atoms with van der Waals surface area (Å²) in [5, 5.41) is 6.24. The summed E-state index contributed by atoms with van der Waals surface area (Å²) < 4.78 is 15.9. The molecule has 15 nitrogen and oxygen atoms in total. The van der Waals surface area contributed by atoms with Gasteiger partial charge in [-0.2, -0.15) is 0 Å². The Kier molecular flexibility index (Phi) is 11.2. The van der Waals surface area contributed by atoms with Crippen LogP contribution in [0.25, 0.3) is 38.8 Å². The Morgan fingerprint density at radius 2 is 1.52 bits per heavy atom. The molecule has 0 bridgehead atoms. The lowest BCUT2D eigenvalue weighted by molar-refractivity contribution is -0.135. The van der Waals surface area contributed by atoms with Crippen LogP contribution >= 0.6 is 0 Å². The zero-order valence-electron chi connectivity index (χ0n) is 33.9. The maximum absolute atomic E-state index is 14.0. The molecule has 3 aromatic carbocycles. The molecule has 0 unspecified atom stereocenters. The summed E-state index contributed by atoms with van der Waals surface area (Å²) >= 11 is 0. The van der Waals surface area contributed by atoms with Gasteiger partial charge in [0.15, 0.2) is 0 Å². The fraction of sp³-hybridized carbons (Fsp3) is 0.356. The third-order valence-electron chi connectivity index (χ3n) is 11.7. The van der Waals surface area contributed by atoms with Crippen LogP contribution in [0, 0.1) is 5.92 Å². The predicted octanol–water partition coefficient (Wildman–Crippen LogP) is 6.65. The Hall–Kier alpha value is -6.77. The number of hydrogen-bond acceptors (Lipinski definition) is 10. The fourth-order valence-corrected chi connectivity index (χ4v) is 8.55. The van der Waals surface area contributed by atoms with E-state index in [1.165, 1.54) is 14.2 Å². The van der Waals surface area contributed by atoms with Gasteiger partial charge in [0.05, 0.1) is 49.0 Å². The second-order valence-electron chi connectivity index (χ2n) is 15.7. The first-order valence-corrected chi connectivity index (χ1v) is 20.2. The van der Waals surface area contributed by atoms with Crippen LogP contribution in [-0.2, 0) is 19.1 Å². The minimum Gasteiger partial charge on any atom is -0.456 e. The molecular weight excluding hydrogens is 767 g/mol. The van der Waals surface area contributed by atoms with Crippen LogP contribution in [0.1, 0.15) is 75.0 Å². The minimum absolute atomic E-state index is 0.149. The molecule has 310 valence electrons. The summed E-state index contributed by atoms with van der Waals surface area (Å²) in [6.45, 7) is 4.83. The molecule has 3 N–H and O–H groups in total. The van der Waals surface area contributed by atoms with E-state index in [0.717, 1.165) is 41.7 Å². The molecule has 2 fully saturated rings. The van der Waals surface area contributed by atoms with E-state index in [-0.39, 0.29) is 35.2 Å². The molecule has 5 heterocycles. The normalized spacial score (nSPS) is 18.7. The van der Waals surface area contributed by atoms with Gasteiger partial charge in [-0.3, -0.25) is 19.4 Å². The number of allylic oxidation sites excluding steroid dienone is 1. The maximum atomic E-state index is 14.0. The number of benzene rings is 3. The number of ether oxygens (including phenoxy) is 2. The summed E-state index contributed by atoms with van der Waals surface area (Å²) in [6.07, 6.45) is 5.74. The largest absolute Gasteiger partial charge is 0.456 e. The number of imidazole rings is 1. The van der Waals surface area contributed by atoms with Crippen molar-refractivity contribution in [3.63, 3.8) is 0 Å². The number of aromatic nitrogens is 2. The number of rotatable bonds is 10. The summed E-state index contributed by atoms with van der Waals surface area (Å²) in [4.78, 5) is 82.1. The highest BCUT2D eigenvalue weighted by Gasteiger charge is 2.39. The quantitative estimate of drug-likeness (QED) is 0.130. The average Bonchev–Trinajstić information content (AvgIpc) is 4.11. The van der Waals surface area contributed by atoms with Gasteiger partial charge in [-0.1, -0.05) is 50.2 Å². The standard InChI is InChI=1S/C45H47N7O8/c1-25(2)38(49-44(56)58-3)42(54)52-19-9-13-35(52)41-47-24-33(48-41)28-15-17-36-31(20-28)40(53)30-16-14-27(22-37(30)60-36)29-21-32(46-23-29)34-12-8-18-51(34)43(55)39(50-45(57)59-4)26-10-6-5-7-11-26/h5-7,10-11,14-17,20,22-25,34-35,38-39H,8-9,12-13,18-19,21H2,1-4H3,(H,47,48)(H,49,56)(H,50,57)/t34-,35-,38-,39+/m0/s1. The van der Waals surface area contributed by atoms with Crippen LogP contribution in [-0.4, -0.2) is 88.9 Å². The molecule has 2 aromatic heterocycles. The number of likely N-dealkylation sites (tertiary alicyclic amines) is 2. The molecule has 0 saturated carbocycles. The van der Waals surface area contributed by atoms with Crippen LogP contribution in [0.2, 0.25) is 0 Å². The van der Waals surface area contributed by atoms with Crippen LogP contribution in [0.15, 0.2) is 93.3 Å². The second kappa shape index (κ2) is 16.8. The number of nitrogens with zero attached hydrogens (tertiary/aromatic N) is 4. The Balaban J connectivity index is 0.981. The summed E-state index contributed by atoms with van der Waals surface area (Å²) in [5.41, 5.74) is 5.46. The van der Waals surface area contributed by atoms with E-state index in [4.69, 9.17) is 18.9 Å². The molecule has 0 radical (unpaired) electrons. The number of amides is 4. The zero-order valence-corrected chi connectivity index (χ0v) is 33.9. The van der Waals surface area contributed by atoms with Crippen LogP contribution in [0.5, 0.6) is 0 Å². The lowest BCUT2D eigenvalue weighted by Crippen LogP contribution is -2.51. The molecule has 4 atom stereocenters. The summed E-state index contributed by atoms with van der Waals surface area (Å²) in [6, 6.07) is 17.9. The van der Waals surface area contributed by atoms with E-state index < -0.39 is 24.3 Å². The first-order chi connectivity index (χ1) is 29.0. The number of aliphatic imine (C=N–C) groups is 1. The smallest absolute Gasteiger partial charge is 0.407 e. The highest BCUT2D eigenvalue weighted by molar-refractivity contribution is 6.04. The minimum atomic E-state index is -0.901. The fourth-order valence-electron chi connectivity index (χ4n) is 8.55. The van der Waals surface area contributed by atoms with Gasteiger partial charge >= 0.3 is 12.2 Å². The second-order valence-corrected chi connectivity index (χ2v) is 15.7. The van der Waals surface area contributed by atoms with Gasteiger partial charge < -0.3 is 39.3 Å². The van der Waals surface area contributed by atoms with E-state index in [2.05, 4.69) is 20.6 Å². The molecule has 0 spiro atoms. The molecule has 15 heteroatoms. The van der Waals surface area contributed by atoms with Gasteiger partial charge in [0.1, 0.15) is 29.1 Å². The number of alkyl carbamates (subject to hydrolysis) is 2. The van der Waals surface area contributed by atoms with E-state index in [0.29, 0.717) is 65.0 Å². The van der Waals surface area contributed by atoms with Gasteiger partial charge in [-0.05, 0) is 78.6 Å². The van der Waals surface area contributed by atoms with E-state index >= 15 is 0 Å². The van der Waals surface area contributed by atoms with Crippen molar-refractivity contribution in [1.29, 1.82) is 0 Å². The monoisotopic (exact) mass is 813 g/mol. The van der Waals surface area contributed by atoms with E-state index in [1.54, 1.807) is 46.3 Å². The highest BCUT2D eigenvalue weighted by atomic mass is 16.5. The molecule has 60 heavy (non-hydrogen) atoms. The highest BCUT2D eigenvalue weighted by Crippen LogP contribution is 2.35. The summed E-state index contributed by atoms with van der Waals surface area (Å²) in [5.74, 6) is 0.0632. The maximum Gasteiger partial charge on any atom is 0.407 e. The number of carbonyl (C=O) groups excluding carboxylic acids is 4. The first kappa shape index (κ1) is 40.0. The molecule has 8 rings (SSSR count). The van der Waals surface area contributed by atoms with Crippen LogP contribution < -0.4 is 16.1 Å². The molecule has 3 aliphatic heterocycles. The van der Waals surface area contributed by atoms with E-state index in [1.807, 2.05) is 56.4 Å². The molecule has 3 aliphatic rings. The van der Waals surface area contributed by atoms with Crippen LogP contribution in [0.4, 0.5) is 9.59 Å². The van der Waals surface area contributed by atoms with Crippen molar-refractivity contribution in [3.8, 4) is 11.3 Å². The number of hydrogen-bond donors (Lipinski definition) is 3. The van der Waals surface area contributed by atoms with Gasteiger partial charge in [0.25, 0.3) is 0 Å². The Bertz CT molecular complexity index is 2600. The number of H-pyrrole nitrogens is 1. The Morgan fingerprint density at radius 1 is 0.817 bits per heavy atom. The lowest BCUT2D eigenvalue weighted by Gasteiger charge is -2.30. The van der Waals surface area contributed by atoms with Crippen molar-refractivity contribution in [3.05, 3.63) is 106 Å². The van der Waals surface area contributed by atoms with Gasteiger partial charge in [0, 0.05) is 37.0 Å². The van der Waals surface area contributed by atoms with Crippen molar-refractivity contribution in [2.75, 3.05) is 27.3 Å². The molecule has 5 aromatic rings. The summed E-state index contributed by atoms with van der Waals surface area (Å²) in [7, 11) is 2.54. The Labute approximate surface area is 345 Å². The van der Waals surface area contributed by atoms with Gasteiger partial charge in [-0.15, -0.1) is 0 Å². The molecule has 4 amide bonds. The van der Waals surface area contributed by atoms with Gasteiger partial charge in [0.2, 0.25) is 17.2 Å². The lowest BCUT2D eigenvalue weighted by atomic mass is 9.97. The molecule has 2 saturated heterocycles. The number of aromatic amines is 1. The van der Waals surface area contributed by atoms with Gasteiger partial charge in [-0.25, -0.2) is 14.6 Å². The van der Waals surface area contributed by atoms with Crippen molar-refractivity contribution < 1.29 is 33.1 Å². The third-order valence-corrected chi connectivity index (χ3v) is 11.7. The number of carbonyl (C=O) groups is 4. The van der Waals surface area contributed by atoms with Crippen LogP contribution in [0.3, 0.4) is 0 Å². The number of nitrogens with one attached hydrogen (secondary N) is 3. The molecular formula is C45H47N7O8. The van der Waals surface area contributed by atoms with E-state index in [9.17, 15) is 24.0 Å². The number of fused-ring (bicyclic) bond motifs is 2. The van der Waals surface area contributed by atoms with Crippen molar-refractivity contribution >= 4 is 57.2 Å². The first-order valence-electron chi connectivity index (χ1n) is 20.2. The zero-order chi connectivity index (χ0) is 42.1. The van der Waals surface area contributed by atoms with Crippen molar-refractivity contribution in [2.45, 2.75) is 70.1 Å². The Morgan fingerprint density at radius 3 is 2.25 bits per heavy atom. The third kappa shape index (κ3) is 7.74. The topological polar surface area (TPSA) is 189 Å². The van der Waals surface area contributed by atoms with Crippen molar-refractivity contribution in [2.24, 2.45) is 10.9 Å². The van der Waals surface area contributed by atoms with Crippen molar-refractivity contribution in [1.82, 2.24) is 30.4 Å². The SMILES string of the molecule is COC(=O)N[C@H](C(=O)N1CCC[C@H]1c1ncc(-c2ccc3oc4cc(C5=CN=C([C@@H]6CCCN6C(=O)[C@H](NC(=O)OC)c6ccccc6)C5)ccc4c(=O)c3c2)[nH]1)C(C)C. The number of methoxy groups -OCH3 is 2.